The van der Waals surface area contributed by atoms with Crippen LogP contribution in [0, 0.1) is 6.92 Å². The van der Waals surface area contributed by atoms with Crippen molar-refractivity contribution in [2.45, 2.75) is 13.5 Å². The molecule has 1 N–H and O–H groups in total. The molecule has 4 heterocycles. The molecule has 1 fully saturated rings. The standard InChI is InChI=1S/C23H24N6O/c1-17-21(26-15-18-4-6-19(7-5-18)20-3-2-8-24-16-20)29-10-9-25-22(23(29)27-17)28-11-13-30-14-12-28/h2-10,16,26H,11-15H2,1H3. The van der Waals surface area contributed by atoms with Crippen LogP contribution in [0.1, 0.15) is 11.3 Å². The van der Waals surface area contributed by atoms with Crippen LogP contribution in [0.25, 0.3) is 16.8 Å². The summed E-state index contributed by atoms with van der Waals surface area (Å²) in [5.41, 5.74) is 5.34. The van der Waals surface area contributed by atoms with Crippen molar-refractivity contribution < 1.29 is 4.74 Å². The van der Waals surface area contributed by atoms with Crippen molar-refractivity contribution in [2.75, 3.05) is 36.5 Å². The molecule has 0 atom stereocenters. The lowest BCUT2D eigenvalue weighted by Gasteiger charge is -2.27. The number of ether oxygens (including phenoxy) is 1. The molecule has 7 heteroatoms. The van der Waals surface area contributed by atoms with Gasteiger partial charge in [-0.25, -0.2) is 9.97 Å². The Bertz CT molecular complexity index is 1130. The van der Waals surface area contributed by atoms with E-state index >= 15 is 0 Å². The van der Waals surface area contributed by atoms with Gasteiger partial charge in [0.05, 0.1) is 18.9 Å². The van der Waals surface area contributed by atoms with Gasteiger partial charge in [-0.2, -0.15) is 0 Å². The van der Waals surface area contributed by atoms with Crippen LogP contribution in [0.15, 0.2) is 61.2 Å². The van der Waals surface area contributed by atoms with E-state index in [0.29, 0.717) is 0 Å². The van der Waals surface area contributed by atoms with Crippen molar-refractivity contribution in [2.24, 2.45) is 0 Å². The van der Waals surface area contributed by atoms with E-state index in [-0.39, 0.29) is 0 Å². The third-order valence-electron chi connectivity index (χ3n) is 5.42. The highest BCUT2D eigenvalue weighted by atomic mass is 16.5. The Labute approximate surface area is 175 Å². The molecule has 7 nitrogen and oxygen atoms in total. The monoisotopic (exact) mass is 400 g/mol. The smallest absolute Gasteiger partial charge is 0.182 e. The Morgan fingerprint density at radius 1 is 1.03 bits per heavy atom. The molecule has 3 aromatic heterocycles. The summed E-state index contributed by atoms with van der Waals surface area (Å²) in [4.78, 5) is 15.8. The van der Waals surface area contributed by atoms with Crippen molar-refractivity contribution in [1.29, 1.82) is 0 Å². The highest BCUT2D eigenvalue weighted by Gasteiger charge is 2.19. The van der Waals surface area contributed by atoms with Crippen molar-refractivity contribution >= 4 is 17.3 Å². The molecule has 1 aromatic carbocycles. The van der Waals surface area contributed by atoms with Crippen molar-refractivity contribution in [3.05, 3.63) is 72.4 Å². The molecule has 0 unspecified atom stereocenters. The van der Waals surface area contributed by atoms with Gasteiger partial charge < -0.3 is 15.0 Å². The molecule has 0 spiro atoms. The number of pyridine rings is 1. The van der Waals surface area contributed by atoms with Crippen LogP contribution >= 0.6 is 0 Å². The minimum absolute atomic E-state index is 0.719. The van der Waals surface area contributed by atoms with E-state index in [1.54, 1.807) is 6.20 Å². The quantitative estimate of drug-likeness (QED) is 0.553. The summed E-state index contributed by atoms with van der Waals surface area (Å²) in [5.74, 6) is 1.91. The molecular formula is C23H24N6O. The summed E-state index contributed by atoms with van der Waals surface area (Å²) < 4.78 is 7.57. The molecule has 0 bridgehead atoms. The molecule has 30 heavy (non-hydrogen) atoms. The van der Waals surface area contributed by atoms with E-state index < -0.39 is 0 Å². The van der Waals surface area contributed by atoms with Gasteiger partial charge in [0.25, 0.3) is 0 Å². The molecule has 4 aromatic rings. The second-order valence-electron chi connectivity index (χ2n) is 7.38. The maximum atomic E-state index is 5.47. The fourth-order valence-electron chi connectivity index (χ4n) is 3.82. The average molecular weight is 400 g/mol. The topological polar surface area (TPSA) is 67.6 Å². The van der Waals surface area contributed by atoms with Gasteiger partial charge in [0.2, 0.25) is 0 Å². The Morgan fingerprint density at radius 2 is 1.87 bits per heavy atom. The van der Waals surface area contributed by atoms with Crippen LogP contribution in [-0.4, -0.2) is 45.7 Å². The van der Waals surface area contributed by atoms with Crippen molar-refractivity contribution in [3.8, 4) is 11.1 Å². The maximum Gasteiger partial charge on any atom is 0.182 e. The highest BCUT2D eigenvalue weighted by molar-refractivity contribution is 5.69. The number of aryl methyl sites for hydroxylation is 1. The Morgan fingerprint density at radius 3 is 2.63 bits per heavy atom. The molecule has 152 valence electrons. The number of nitrogens with zero attached hydrogens (tertiary/aromatic N) is 5. The molecule has 1 saturated heterocycles. The first-order valence-electron chi connectivity index (χ1n) is 10.2. The van der Waals surface area contributed by atoms with Gasteiger partial charge >= 0.3 is 0 Å². The minimum Gasteiger partial charge on any atom is -0.378 e. The largest absolute Gasteiger partial charge is 0.378 e. The Kier molecular flexibility index (Phi) is 5.03. The fraction of sp³-hybridized carbons (Fsp3) is 0.261. The lowest BCUT2D eigenvalue weighted by atomic mass is 10.1. The van der Waals surface area contributed by atoms with E-state index in [9.17, 15) is 0 Å². The van der Waals surface area contributed by atoms with E-state index in [1.807, 2.05) is 31.6 Å². The van der Waals surface area contributed by atoms with Gasteiger partial charge in [-0.15, -0.1) is 0 Å². The molecule has 0 aliphatic carbocycles. The number of morpholine rings is 1. The Hall–Kier alpha value is -3.45. The third-order valence-corrected chi connectivity index (χ3v) is 5.42. The summed E-state index contributed by atoms with van der Waals surface area (Å²) in [6.07, 6.45) is 7.48. The van der Waals surface area contributed by atoms with Crippen molar-refractivity contribution in [1.82, 2.24) is 19.4 Å². The molecule has 0 amide bonds. The van der Waals surface area contributed by atoms with Gasteiger partial charge in [-0.3, -0.25) is 9.38 Å². The summed E-state index contributed by atoms with van der Waals surface area (Å²) in [6, 6.07) is 12.6. The lowest BCUT2D eigenvalue weighted by Crippen LogP contribution is -2.37. The number of anilines is 2. The molecule has 1 aliphatic heterocycles. The third kappa shape index (κ3) is 3.59. The molecule has 0 saturated carbocycles. The van der Waals surface area contributed by atoms with Crippen LogP contribution in [0.5, 0.6) is 0 Å². The molecule has 0 radical (unpaired) electrons. The van der Waals surface area contributed by atoms with E-state index in [1.165, 1.54) is 11.1 Å². The summed E-state index contributed by atoms with van der Waals surface area (Å²) >= 11 is 0. The second kappa shape index (κ2) is 8.12. The predicted octanol–water partition coefficient (Wildman–Crippen LogP) is 3.55. The number of benzene rings is 1. The predicted molar refractivity (Wildman–Crippen MR) is 118 cm³/mol. The first-order valence-corrected chi connectivity index (χ1v) is 10.2. The van der Waals surface area contributed by atoms with E-state index in [4.69, 9.17) is 9.72 Å². The number of hydrogen-bond donors (Lipinski definition) is 1. The maximum absolute atomic E-state index is 5.47. The molecular weight excluding hydrogens is 376 g/mol. The normalized spacial score (nSPS) is 14.2. The van der Waals surface area contributed by atoms with Crippen molar-refractivity contribution in [3.63, 3.8) is 0 Å². The second-order valence-corrected chi connectivity index (χ2v) is 7.38. The molecule has 1 aliphatic rings. The van der Waals surface area contributed by atoms with Gasteiger partial charge in [-0.05, 0) is 29.7 Å². The number of imidazole rings is 1. The minimum atomic E-state index is 0.719. The summed E-state index contributed by atoms with van der Waals surface area (Å²) in [7, 11) is 0. The van der Waals surface area contributed by atoms with Crippen LogP contribution < -0.4 is 10.2 Å². The number of fused-ring (bicyclic) bond motifs is 1. The van der Waals surface area contributed by atoms with Crippen LogP contribution in [0.2, 0.25) is 0 Å². The van der Waals surface area contributed by atoms with Gasteiger partial charge in [0.15, 0.2) is 11.5 Å². The summed E-state index contributed by atoms with van der Waals surface area (Å²) in [6.45, 7) is 5.88. The SMILES string of the molecule is Cc1nc2c(N3CCOCC3)nccn2c1NCc1ccc(-c2cccnc2)cc1. The van der Waals surface area contributed by atoms with Gasteiger partial charge in [0.1, 0.15) is 5.82 Å². The molecule has 5 rings (SSSR count). The lowest BCUT2D eigenvalue weighted by molar-refractivity contribution is 0.122. The number of hydrogen-bond acceptors (Lipinski definition) is 6. The van der Waals surface area contributed by atoms with E-state index in [0.717, 1.165) is 61.4 Å². The van der Waals surface area contributed by atoms with Gasteiger partial charge in [0, 0.05) is 44.4 Å². The first-order chi connectivity index (χ1) is 14.8. The van der Waals surface area contributed by atoms with Gasteiger partial charge in [-0.1, -0.05) is 30.3 Å². The first kappa shape index (κ1) is 18.6. The summed E-state index contributed by atoms with van der Waals surface area (Å²) in [5, 5.41) is 3.56. The van der Waals surface area contributed by atoms with E-state index in [2.05, 4.69) is 54.9 Å². The van der Waals surface area contributed by atoms with Crippen LogP contribution in [-0.2, 0) is 11.3 Å². The Balaban J connectivity index is 1.36. The number of aromatic nitrogens is 4. The average Bonchev–Trinajstić information content (AvgIpc) is 3.14. The zero-order valence-corrected chi connectivity index (χ0v) is 17.0. The van der Waals surface area contributed by atoms with Crippen LogP contribution in [0.3, 0.4) is 0 Å². The zero-order chi connectivity index (χ0) is 20.3. The highest BCUT2D eigenvalue weighted by Crippen LogP contribution is 2.25. The number of rotatable bonds is 5. The zero-order valence-electron chi connectivity index (χ0n) is 17.0. The number of nitrogens with one attached hydrogen (secondary N) is 1. The van der Waals surface area contributed by atoms with Crippen LogP contribution in [0.4, 0.5) is 11.6 Å². The fourth-order valence-corrected chi connectivity index (χ4v) is 3.82.